The average Bonchev–Trinajstić information content (AvgIpc) is 3.60. The molecule has 0 atom stereocenters. The molecule has 0 radical (unpaired) electrons. The molecule has 0 saturated heterocycles. The molecule has 0 aliphatic heterocycles. The number of hydrogen-bond acceptors (Lipinski definition) is 5. The van der Waals surface area contributed by atoms with E-state index in [-0.39, 0.29) is 28.9 Å². The van der Waals surface area contributed by atoms with Crippen molar-refractivity contribution in [1.82, 2.24) is 20.1 Å². The molecule has 0 spiro atoms. The Balaban J connectivity index is 1.43. The Morgan fingerprint density at radius 1 is 1.08 bits per heavy atom. The van der Waals surface area contributed by atoms with Crippen molar-refractivity contribution in [3.8, 4) is 17.0 Å². The molecule has 0 unspecified atom stereocenters. The molecule has 1 aliphatic carbocycles. The number of nitrogens with one attached hydrogen (secondary N) is 2. The van der Waals surface area contributed by atoms with Gasteiger partial charge in [-0.3, -0.25) is 4.79 Å². The fraction of sp³-hybridized carbons (Fsp3) is 0.214. The van der Waals surface area contributed by atoms with Gasteiger partial charge < -0.3 is 15.7 Å². The maximum atomic E-state index is 14.1. The summed E-state index contributed by atoms with van der Waals surface area (Å²) < 4.78 is 15.4. The molecule has 2 aromatic heterocycles. The molecule has 38 heavy (non-hydrogen) atoms. The van der Waals surface area contributed by atoms with Crippen LogP contribution in [0.5, 0.6) is 5.75 Å². The number of hydrogen-bond donors (Lipinski definition) is 3. The second-order valence-electron chi connectivity index (χ2n) is 9.13. The van der Waals surface area contributed by atoms with E-state index in [1.54, 1.807) is 48.5 Å². The lowest BCUT2D eigenvalue weighted by molar-refractivity contribution is 0.102. The van der Waals surface area contributed by atoms with Crippen molar-refractivity contribution in [2.45, 2.75) is 38.1 Å². The number of pyridine rings is 1. The lowest BCUT2D eigenvalue weighted by Gasteiger charge is -2.12. The zero-order valence-electron chi connectivity index (χ0n) is 20.3. The summed E-state index contributed by atoms with van der Waals surface area (Å²) >= 11 is 6.04. The van der Waals surface area contributed by atoms with Gasteiger partial charge in [-0.25, -0.2) is 14.2 Å². The van der Waals surface area contributed by atoms with Crippen LogP contribution in [0.1, 0.15) is 53.2 Å². The monoisotopic (exact) mass is 533 g/mol. The van der Waals surface area contributed by atoms with E-state index < -0.39 is 17.8 Å². The fourth-order valence-electron chi connectivity index (χ4n) is 4.66. The number of anilines is 1. The first-order valence-corrected chi connectivity index (χ1v) is 12.7. The van der Waals surface area contributed by atoms with E-state index in [1.807, 2.05) is 0 Å². The van der Waals surface area contributed by atoms with Crippen molar-refractivity contribution >= 4 is 29.2 Å². The minimum Gasteiger partial charge on any atom is -0.507 e. The average molecular weight is 534 g/mol. The predicted octanol–water partition coefficient (Wildman–Crippen LogP) is 6.11. The van der Waals surface area contributed by atoms with Gasteiger partial charge in [0.25, 0.3) is 5.91 Å². The standard InChI is InChI=1S/C28H25ClFN5O3/c29-26-20(9-5-13-31-26)27(37)33-19-11-12-25(36)21(14-19)23-15-24(17-6-1-2-7-17)35(34-23)28(38)32-16-18-8-3-4-10-22(18)30/h3-5,8-15,17,36H,1-2,6-7,16H2,(H,32,38)(H,33,37). The minimum absolute atomic E-state index is 0.00841. The number of benzene rings is 2. The zero-order chi connectivity index (χ0) is 26.6. The summed E-state index contributed by atoms with van der Waals surface area (Å²) in [4.78, 5) is 29.8. The van der Waals surface area contributed by atoms with E-state index in [2.05, 4.69) is 20.7 Å². The van der Waals surface area contributed by atoms with Crippen LogP contribution in [0.4, 0.5) is 14.9 Å². The minimum atomic E-state index is -0.489. The molecule has 3 N–H and O–H groups in total. The van der Waals surface area contributed by atoms with Gasteiger partial charge in [0, 0.05) is 35.5 Å². The number of phenolic OH excluding ortho intramolecular Hbond substituents is 1. The van der Waals surface area contributed by atoms with E-state index in [1.165, 1.54) is 23.0 Å². The van der Waals surface area contributed by atoms with Crippen molar-refractivity contribution in [2.24, 2.45) is 0 Å². The summed E-state index contributed by atoms with van der Waals surface area (Å²) in [5.41, 5.74) is 2.43. The Morgan fingerprint density at radius 2 is 1.87 bits per heavy atom. The number of nitrogens with zero attached hydrogens (tertiary/aromatic N) is 3. The van der Waals surface area contributed by atoms with E-state index in [4.69, 9.17) is 11.6 Å². The Kier molecular flexibility index (Phi) is 7.37. The van der Waals surface area contributed by atoms with Crippen LogP contribution in [0.25, 0.3) is 11.3 Å². The van der Waals surface area contributed by atoms with Gasteiger partial charge in [-0.15, -0.1) is 0 Å². The van der Waals surface area contributed by atoms with Crippen LogP contribution >= 0.6 is 11.6 Å². The van der Waals surface area contributed by atoms with Crippen LogP contribution in [-0.2, 0) is 6.54 Å². The van der Waals surface area contributed by atoms with Crippen molar-refractivity contribution in [3.63, 3.8) is 0 Å². The first-order chi connectivity index (χ1) is 18.4. The van der Waals surface area contributed by atoms with Crippen LogP contribution in [0.2, 0.25) is 5.15 Å². The molecule has 2 heterocycles. The third kappa shape index (κ3) is 5.38. The third-order valence-corrected chi connectivity index (χ3v) is 6.93. The third-order valence-electron chi connectivity index (χ3n) is 6.62. The van der Waals surface area contributed by atoms with E-state index >= 15 is 0 Å². The van der Waals surface area contributed by atoms with Gasteiger partial charge in [-0.1, -0.05) is 42.6 Å². The van der Waals surface area contributed by atoms with Gasteiger partial charge in [0.05, 0.1) is 17.0 Å². The molecule has 0 bridgehead atoms. The molecule has 2 amide bonds. The van der Waals surface area contributed by atoms with Crippen molar-refractivity contribution in [1.29, 1.82) is 0 Å². The molecule has 1 saturated carbocycles. The summed E-state index contributed by atoms with van der Waals surface area (Å²) in [5.74, 6) is -0.782. The molecule has 8 nitrogen and oxygen atoms in total. The smallest absolute Gasteiger partial charge is 0.342 e. The molecule has 1 fully saturated rings. The number of rotatable bonds is 6. The first kappa shape index (κ1) is 25.4. The number of phenols is 1. The maximum Gasteiger partial charge on any atom is 0.342 e. The molecule has 1 aliphatic rings. The van der Waals surface area contributed by atoms with Crippen molar-refractivity contribution in [3.05, 3.63) is 94.7 Å². The van der Waals surface area contributed by atoms with Gasteiger partial charge in [0.1, 0.15) is 16.7 Å². The molecule has 2 aromatic carbocycles. The van der Waals surface area contributed by atoms with Crippen molar-refractivity contribution < 1.29 is 19.1 Å². The lowest BCUT2D eigenvalue weighted by atomic mass is 10.0. The summed E-state index contributed by atoms with van der Waals surface area (Å²) in [5, 5.41) is 20.7. The Hall–Kier alpha value is -4.24. The highest BCUT2D eigenvalue weighted by Crippen LogP contribution is 2.38. The molecular weight excluding hydrogens is 509 g/mol. The van der Waals surface area contributed by atoms with Crippen molar-refractivity contribution in [2.75, 3.05) is 5.32 Å². The van der Waals surface area contributed by atoms with Crippen LogP contribution in [-0.4, -0.2) is 31.8 Å². The number of carbonyl (C=O) groups is 2. The number of aromatic nitrogens is 3. The lowest BCUT2D eigenvalue weighted by Crippen LogP contribution is -2.31. The zero-order valence-corrected chi connectivity index (χ0v) is 21.1. The second-order valence-corrected chi connectivity index (χ2v) is 9.48. The summed E-state index contributed by atoms with van der Waals surface area (Å²) in [6, 6.07) is 15.3. The van der Waals surface area contributed by atoms with Crippen LogP contribution in [0.3, 0.4) is 0 Å². The summed E-state index contributed by atoms with van der Waals surface area (Å²) in [6.07, 6.45) is 5.42. The SMILES string of the molecule is O=C(Nc1ccc(O)c(-c2cc(C3CCCC3)n(C(=O)NCc3ccccc3F)n2)c1)c1cccnc1Cl. The molecular formula is C28H25ClFN5O3. The van der Waals surface area contributed by atoms with Gasteiger partial charge in [-0.2, -0.15) is 9.78 Å². The maximum absolute atomic E-state index is 14.1. The fourth-order valence-corrected chi connectivity index (χ4v) is 4.87. The number of aromatic hydroxyl groups is 1. The van der Waals surface area contributed by atoms with Crippen LogP contribution < -0.4 is 10.6 Å². The van der Waals surface area contributed by atoms with Gasteiger partial charge in [0.2, 0.25) is 0 Å². The number of halogens is 2. The number of amides is 2. The van der Waals surface area contributed by atoms with Gasteiger partial charge in [-0.05, 0) is 55.3 Å². The molecule has 4 aromatic rings. The molecule has 10 heteroatoms. The Bertz CT molecular complexity index is 1500. The Morgan fingerprint density at radius 3 is 2.63 bits per heavy atom. The highest BCUT2D eigenvalue weighted by Gasteiger charge is 2.26. The summed E-state index contributed by atoms with van der Waals surface area (Å²) in [6.45, 7) is 0.00841. The molecule has 5 rings (SSSR count). The normalized spacial score (nSPS) is 13.4. The first-order valence-electron chi connectivity index (χ1n) is 12.3. The van der Waals surface area contributed by atoms with E-state index in [9.17, 15) is 19.1 Å². The van der Waals surface area contributed by atoms with Crippen LogP contribution in [0, 0.1) is 5.82 Å². The van der Waals surface area contributed by atoms with E-state index in [0.29, 0.717) is 22.5 Å². The highest BCUT2D eigenvalue weighted by molar-refractivity contribution is 6.33. The van der Waals surface area contributed by atoms with Gasteiger partial charge in [0.15, 0.2) is 0 Å². The van der Waals surface area contributed by atoms with E-state index in [0.717, 1.165) is 31.4 Å². The quantitative estimate of drug-likeness (QED) is 0.204. The summed E-state index contributed by atoms with van der Waals surface area (Å²) in [7, 11) is 0. The number of carbonyl (C=O) groups excluding carboxylic acids is 2. The highest BCUT2D eigenvalue weighted by atomic mass is 35.5. The second kappa shape index (κ2) is 11.0. The molecule has 194 valence electrons. The predicted molar refractivity (Wildman–Crippen MR) is 142 cm³/mol. The Labute approximate surface area is 223 Å². The van der Waals surface area contributed by atoms with Crippen LogP contribution in [0.15, 0.2) is 66.9 Å². The van der Waals surface area contributed by atoms with Gasteiger partial charge >= 0.3 is 6.03 Å². The largest absolute Gasteiger partial charge is 0.507 e. The topological polar surface area (TPSA) is 109 Å².